The molecule has 0 aliphatic heterocycles. The van der Waals surface area contributed by atoms with Crippen molar-refractivity contribution in [1.29, 1.82) is 0 Å². The van der Waals surface area contributed by atoms with Gasteiger partial charge in [-0.15, -0.1) is 0 Å². The van der Waals surface area contributed by atoms with E-state index in [1.165, 1.54) is 5.57 Å². The maximum atomic E-state index is 4.88. The highest BCUT2D eigenvalue weighted by atomic mass is 15.0. The van der Waals surface area contributed by atoms with Crippen LogP contribution < -0.4 is 0 Å². The summed E-state index contributed by atoms with van der Waals surface area (Å²) in [5.41, 5.74) is 4.36. The highest BCUT2D eigenvalue weighted by Crippen LogP contribution is 2.19. The summed E-state index contributed by atoms with van der Waals surface area (Å²) in [6.45, 7) is 10.2. The fraction of sp³-hybridized carbons (Fsp3) is 0.421. The molecule has 0 heterocycles. The van der Waals surface area contributed by atoms with E-state index in [1.807, 2.05) is 25.1 Å². The molecule has 1 atom stereocenters. The molecular formula is C19H26N2. The Hall–Kier alpha value is -2.01. The van der Waals surface area contributed by atoms with Crippen LogP contribution in [-0.2, 0) is 0 Å². The van der Waals surface area contributed by atoms with Crippen LogP contribution in [0, 0.1) is 17.8 Å². The molecule has 0 saturated heterocycles. The summed E-state index contributed by atoms with van der Waals surface area (Å²) in [4.78, 5) is 6.90. The molecule has 21 heavy (non-hydrogen) atoms. The van der Waals surface area contributed by atoms with E-state index < -0.39 is 0 Å². The van der Waals surface area contributed by atoms with Crippen molar-refractivity contribution in [3.05, 3.63) is 47.9 Å². The maximum Gasteiger partial charge on any atom is 0.0597 e. The quantitative estimate of drug-likeness (QED) is 0.416. The highest BCUT2D eigenvalue weighted by Gasteiger charge is 2.10. The molecule has 2 heteroatoms. The van der Waals surface area contributed by atoms with E-state index >= 15 is 0 Å². The smallest absolute Gasteiger partial charge is 0.0597 e. The second-order valence-corrected chi connectivity index (χ2v) is 5.43. The Bertz CT molecular complexity index is 560. The van der Waals surface area contributed by atoms with Crippen molar-refractivity contribution >= 4 is 5.71 Å². The van der Waals surface area contributed by atoms with Crippen LogP contribution in [0.3, 0.4) is 0 Å². The lowest BCUT2D eigenvalue weighted by molar-refractivity contribution is 0.562. The minimum Gasteiger partial charge on any atom is -0.383 e. The number of aliphatic imine (C=N–C) groups is 1. The number of allylic oxidation sites excluding steroid dienone is 6. The predicted octanol–water partition coefficient (Wildman–Crippen LogP) is 4.34. The molecule has 2 nitrogen and oxygen atoms in total. The average molecular weight is 282 g/mol. The van der Waals surface area contributed by atoms with E-state index in [2.05, 4.69) is 57.5 Å². The van der Waals surface area contributed by atoms with Gasteiger partial charge in [0.25, 0.3) is 0 Å². The lowest BCUT2D eigenvalue weighted by Crippen LogP contribution is -2.09. The van der Waals surface area contributed by atoms with Gasteiger partial charge in [0.1, 0.15) is 0 Å². The van der Waals surface area contributed by atoms with Crippen molar-refractivity contribution in [3.8, 4) is 11.8 Å². The summed E-state index contributed by atoms with van der Waals surface area (Å²) in [7, 11) is 4.01. The summed E-state index contributed by atoms with van der Waals surface area (Å²) in [6, 6.07) is 0. The van der Waals surface area contributed by atoms with E-state index in [9.17, 15) is 0 Å². The summed E-state index contributed by atoms with van der Waals surface area (Å²) in [5.74, 6) is 6.59. The summed E-state index contributed by atoms with van der Waals surface area (Å²) in [6.07, 6.45) is 9.89. The monoisotopic (exact) mass is 282 g/mol. The van der Waals surface area contributed by atoms with Crippen molar-refractivity contribution in [2.75, 3.05) is 14.1 Å². The maximum absolute atomic E-state index is 4.88. The number of hydrogen-bond donors (Lipinski definition) is 0. The second-order valence-electron chi connectivity index (χ2n) is 5.43. The molecule has 0 spiro atoms. The molecule has 0 N–H and O–H groups in total. The lowest BCUT2D eigenvalue weighted by Gasteiger charge is -2.14. The molecule has 0 saturated carbocycles. The Morgan fingerprint density at radius 3 is 2.81 bits per heavy atom. The second kappa shape index (κ2) is 8.32. The molecule has 0 amide bonds. The summed E-state index contributed by atoms with van der Waals surface area (Å²) < 4.78 is 0. The predicted molar refractivity (Wildman–Crippen MR) is 93.1 cm³/mol. The van der Waals surface area contributed by atoms with Crippen LogP contribution in [0.1, 0.15) is 33.6 Å². The first-order chi connectivity index (χ1) is 9.97. The summed E-state index contributed by atoms with van der Waals surface area (Å²) >= 11 is 0. The first kappa shape index (κ1) is 17.0. The molecule has 1 rings (SSSR count). The molecule has 1 aliphatic carbocycles. The fourth-order valence-electron chi connectivity index (χ4n) is 2.07. The van der Waals surface area contributed by atoms with Crippen LogP contribution in [0.4, 0.5) is 0 Å². The van der Waals surface area contributed by atoms with Crippen molar-refractivity contribution in [3.63, 3.8) is 0 Å². The Morgan fingerprint density at radius 1 is 1.52 bits per heavy atom. The highest BCUT2D eigenvalue weighted by molar-refractivity contribution is 6.02. The number of nitrogens with zero attached hydrogens (tertiary/aromatic N) is 2. The van der Waals surface area contributed by atoms with Crippen molar-refractivity contribution in [2.45, 2.75) is 33.6 Å². The standard InChI is InChI=1S/C19H26N2/c1-7-17(14-21(5)6)18(8-2)20-19-13-15(3)11-9-10-12-16(19)4/h7,11,13-14,16H,1,8-9H2,2-6H3/b15-11-,17-14+,19-13+,20-18+. The Balaban J connectivity index is 3.25. The largest absolute Gasteiger partial charge is 0.383 e. The average Bonchev–Trinajstić information content (AvgIpc) is 2.43. The Morgan fingerprint density at radius 2 is 2.24 bits per heavy atom. The first-order valence-corrected chi connectivity index (χ1v) is 7.43. The van der Waals surface area contributed by atoms with Crippen LogP contribution in [0.5, 0.6) is 0 Å². The molecule has 1 aliphatic rings. The van der Waals surface area contributed by atoms with Crippen molar-refractivity contribution in [1.82, 2.24) is 4.90 Å². The van der Waals surface area contributed by atoms with Gasteiger partial charge < -0.3 is 4.90 Å². The molecule has 0 radical (unpaired) electrons. The molecule has 112 valence electrons. The normalized spacial score (nSPS) is 24.5. The van der Waals surface area contributed by atoms with Crippen molar-refractivity contribution in [2.24, 2.45) is 10.9 Å². The molecule has 0 aromatic carbocycles. The van der Waals surface area contributed by atoms with Gasteiger partial charge in [0, 0.05) is 38.0 Å². The third-order valence-electron chi connectivity index (χ3n) is 3.21. The van der Waals surface area contributed by atoms with Crippen LogP contribution in [-0.4, -0.2) is 24.7 Å². The SMILES string of the molecule is C=CC(=C\N(C)C)/C(CC)=N/C1=C/C(C)=C\CC#CC1C. The van der Waals surface area contributed by atoms with Gasteiger partial charge in [-0.25, -0.2) is 0 Å². The van der Waals surface area contributed by atoms with E-state index in [0.717, 1.165) is 29.8 Å². The zero-order chi connectivity index (χ0) is 15.8. The van der Waals surface area contributed by atoms with Gasteiger partial charge in [-0.05, 0) is 26.3 Å². The van der Waals surface area contributed by atoms with Gasteiger partial charge in [0.05, 0.1) is 11.6 Å². The van der Waals surface area contributed by atoms with E-state index in [1.54, 1.807) is 0 Å². The molecular weight excluding hydrogens is 256 g/mol. The van der Waals surface area contributed by atoms with E-state index in [0.29, 0.717) is 0 Å². The minimum atomic E-state index is 0.153. The number of hydrogen-bond acceptors (Lipinski definition) is 2. The van der Waals surface area contributed by atoms with Crippen molar-refractivity contribution < 1.29 is 0 Å². The molecule has 0 fully saturated rings. The van der Waals surface area contributed by atoms with Gasteiger partial charge in [-0.1, -0.05) is 43.1 Å². The Labute approximate surface area is 129 Å². The summed E-state index contributed by atoms with van der Waals surface area (Å²) in [5, 5.41) is 0. The lowest BCUT2D eigenvalue weighted by atomic mass is 10.0. The van der Waals surface area contributed by atoms with Gasteiger partial charge in [-0.2, -0.15) is 0 Å². The topological polar surface area (TPSA) is 15.6 Å². The van der Waals surface area contributed by atoms with Gasteiger partial charge >= 0.3 is 0 Å². The van der Waals surface area contributed by atoms with Gasteiger partial charge in [-0.3, -0.25) is 4.99 Å². The third kappa shape index (κ3) is 5.47. The molecule has 0 aromatic rings. The third-order valence-corrected chi connectivity index (χ3v) is 3.21. The minimum absolute atomic E-state index is 0.153. The van der Waals surface area contributed by atoms with Crippen LogP contribution in [0.25, 0.3) is 0 Å². The zero-order valence-electron chi connectivity index (χ0n) is 13.9. The van der Waals surface area contributed by atoms with Gasteiger partial charge in [0.15, 0.2) is 0 Å². The van der Waals surface area contributed by atoms with Crippen LogP contribution in [0.15, 0.2) is 52.8 Å². The van der Waals surface area contributed by atoms with E-state index in [-0.39, 0.29) is 5.92 Å². The van der Waals surface area contributed by atoms with Crippen LogP contribution in [0.2, 0.25) is 0 Å². The van der Waals surface area contributed by atoms with E-state index in [4.69, 9.17) is 4.99 Å². The fourth-order valence-corrected chi connectivity index (χ4v) is 2.07. The molecule has 0 bridgehead atoms. The van der Waals surface area contributed by atoms with Crippen LogP contribution >= 0.6 is 0 Å². The number of rotatable bonds is 5. The molecule has 1 unspecified atom stereocenters. The van der Waals surface area contributed by atoms with Gasteiger partial charge in [0.2, 0.25) is 0 Å². The zero-order valence-corrected chi connectivity index (χ0v) is 13.9. The Kier molecular flexibility index (Phi) is 6.75. The molecule has 0 aromatic heterocycles. The first-order valence-electron chi connectivity index (χ1n) is 7.43.